The zero-order valence-electron chi connectivity index (χ0n) is 16.0. The number of ether oxygens (including phenoxy) is 2. The van der Waals surface area contributed by atoms with Gasteiger partial charge in [0, 0.05) is 6.54 Å². The van der Waals surface area contributed by atoms with Crippen LogP contribution in [0.5, 0.6) is 11.5 Å². The average Bonchev–Trinajstić information content (AvgIpc) is 2.62. The van der Waals surface area contributed by atoms with Crippen LogP contribution in [0.4, 0.5) is 0 Å². The summed E-state index contributed by atoms with van der Waals surface area (Å²) in [6.45, 7) is 5.84. The van der Waals surface area contributed by atoms with Gasteiger partial charge < -0.3 is 19.7 Å². The van der Waals surface area contributed by atoms with Gasteiger partial charge in [0.15, 0.2) is 0 Å². The summed E-state index contributed by atoms with van der Waals surface area (Å²) in [4.78, 5) is 14.8. The Balaban J connectivity index is 2.06. The Bertz CT molecular complexity index is 716. The first-order chi connectivity index (χ1) is 12.5. The van der Waals surface area contributed by atoms with Gasteiger partial charge in [0.25, 0.3) is 5.91 Å². The van der Waals surface area contributed by atoms with Gasteiger partial charge in [-0.15, -0.1) is 0 Å². The van der Waals surface area contributed by atoms with Crippen molar-refractivity contribution >= 4 is 5.91 Å². The highest BCUT2D eigenvalue weighted by atomic mass is 16.5. The lowest BCUT2D eigenvalue weighted by Gasteiger charge is -2.17. The zero-order valence-corrected chi connectivity index (χ0v) is 16.0. The van der Waals surface area contributed by atoms with Gasteiger partial charge in [-0.2, -0.15) is 0 Å². The van der Waals surface area contributed by atoms with Gasteiger partial charge in [-0.25, -0.2) is 0 Å². The number of carbonyl (C=O) groups excluding carboxylic acids is 1. The third-order valence-corrected chi connectivity index (χ3v) is 3.94. The molecule has 0 fully saturated rings. The van der Waals surface area contributed by atoms with Crippen molar-refractivity contribution in [2.75, 3.05) is 33.9 Å². The maximum atomic E-state index is 12.7. The molecule has 0 saturated heterocycles. The summed E-state index contributed by atoms with van der Waals surface area (Å²) in [5, 5.41) is 3.04. The van der Waals surface area contributed by atoms with E-state index in [1.807, 2.05) is 75.3 Å². The average molecular weight is 356 g/mol. The van der Waals surface area contributed by atoms with E-state index in [0.29, 0.717) is 24.5 Å². The Kier molecular flexibility index (Phi) is 7.48. The van der Waals surface area contributed by atoms with E-state index in [-0.39, 0.29) is 11.9 Å². The number of hydrogen-bond donors (Lipinski definition) is 1. The van der Waals surface area contributed by atoms with E-state index in [9.17, 15) is 4.79 Å². The molecule has 5 heteroatoms. The second kappa shape index (κ2) is 9.82. The molecule has 0 aromatic heterocycles. The van der Waals surface area contributed by atoms with E-state index in [4.69, 9.17) is 9.47 Å². The Hall–Kier alpha value is -2.53. The van der Waals surface area contributed by atoms with Gasteiger partial charge in [-0.1, -0.05) is 24.3 Å². The number of benzene rings is 2. The highest BCUT2D eigenvalue weighted by Crippen LogP contribution is 2.22. The van der Waals surface area contributed by atoms with Crippen LogP contribution in [0.15, 0.2) is 48.5 Å². The van der Waals surface area contributed by atoms with Gasteiger partial charge in [0.1, 0.15) is 18.1 Å². The molecule has 2 aromatic rings. The first-order valence-electron chi connectivity index (χ1n) is 8.91. The molecule has 26 heavy (non-hydrogen) atoms. The second-order valence-electron chi connectivity index (χ2n) is 6.35. The minimum Gasteiger partial charge on any atom is -0.494 e. The van der Waals surface area contributed by atoms with Crippen molar-refractivity contribution in [3.63, 3.8) is 0 Å². The van der Waals surface area contributed by atoms with Crippen LogP contribution < -0.4 is 14.8 Å². The Labute approximate surface area is 155 Å². The van der Waals surface area contributed by atoms with E-state index in [2.05, 4.69) is 5.32 Å². The summed E-state index contributed by atoms with van der Waals surface area (Å²) in [7, 11) is 3.97. The predicted octanol–water partition coefficient (Wildman–Crippen LogP) is 3.52. The summed E-state index contributed by atoms with van der Waals surface area (Å²) in [5.41, 5.74) is 1.54. The Morgan fingerprint density at radius 2 is 1.88 bits per heavy atom. The number of nitrogens with zero attached hydrogens (tertiary/aromatic N) is 1. The van der Waals surface area contributed by atoms with E-state index >= 15 is 0 Å². The molecular formula is C21H28N2O3. The lowest BCUT2D eigenvalue weighted by molar-refractivity contribution is 0.0935. The number of carbonyl (C=O) groups is 1. The molecule has 5 nitrogen and oxygen atoms in total. The van der Waals surface area contributed by atoms with Crippen molar-refractivity contribution in [3.8, 4) is 11.5 Å². The highest BCUT2D eigenvalue weighted by Gasteiger charge is 2.16. The predicted molar refractivity (Wildman–Crippen MR) is 104 cm³/mol. The smallest absolute Gasteiger partial charge is 0.255 e. The fourth-order valence-electron chi connectivity index (χ4n) is 2.52. The Morgan fingerprint density at radius 3 is 2.62 bits per heavy atom. The number of para-hydroxylation sites is 1. The topological polar surface area (TPSA) is 50.8 Å². The molecule has 0 saturated carbocycles. The van der Waals surface area contributed by atoms with Crippen LogP contribution in [0.1, 0.15) is 35.8 Å². The summed E-state index contributed by atoms with van der Waals surface area (Å²) in [6.07, 6.45) is 0. The van der Waals surface area contributed by atoms with Crippen LogP contribution in [-0.4, -0.2) is 44.7 Å². The minimum atomic E-state index is -0.153. The maximum absolute atomic E-state index is 12.7. The van der Waals surface area contributed by atoms with Crippen LogP contribution in [-0.2, 0) is 0 Å². The van der Waals surface area contributed by atoms with Crippen LogP contribution in [0.3, 0.4) is 0 Å². The zero-order chi connectivity index (χ0) is 18.9. The SMILES string of the molecule is CCOc1cccc(C(C)NC(=O)c2ccccc2OCCN(C)C)c1. The van der Waals surface area contributed by atoms with E-state index in [1.54, 1.807) is 6.07 Å². The molecule has 0 aliphatic rings. The number of rotatable bonds is 9. The fourth-order valence-corrected chi connectivity index (χ4v) is 2.52. The second-order valence-corrected chi connectivity index (χ2v) is 6.35. The summed E-state index contributed by atoms with van der Waals surface area (Å²) in [6, 6.07) is 15.0. The van der Waals surface area contributed by atoms with Crippen molar-refractivity contribution in [1.82, 2.24) is 10.2 Å². The quantitative estimate of drug-likeness (QED) is 0.747. The summed E-state index contributed by atoms with van der Waals surface area (Å²) < 4.78 is 11.3. The van der Waals surface area contributed by atoms with Crippen LogP contribution >= 0.6 is 0 Å². The lowest BCUT2D eigenvalue weighted by atomic mass is 10.1. The van der Waals surface area contributed by atoms with Crippen LogP contribution in [0.2, 0.25) is 0 Å². The normalized spacial score (nSPS) is 11.9. The van der Waals surface area contributed by atoms with Crippen LogP contribution in [0.25, 0.3) is 0 Å². The van der Waals surface area contributed by atoms with E-state index < -0.39 is 0 Å². The molecule has 0 heterocycles. The Morgan fingerprint density at radius 1 is 1.12 bits per heavy atom. The number of nitrogens with one attached hydrogen (secondary N) is 1. The molecular weight excluding hydrogens is 328 g/mol. The van der Waals surface area contributed by atoms with Crippen molar-refractivity contribution in [2.45, 2.75) is 19.9 Å². The van der Waals surface area contributed by atoms with Gasteiger partial charge >= 0.3 is 0 Å². The van der Waals surface area contributed by atoms with Crippen molar-refractivity contribution in [3.05, 3.63) is 59.7 Å². The van der Waals surface area contributed by atoms with Crippen molar-refractivity contribution in [2.24, 2.45) is 0 Å². The highest BCUT2D eigenvalue weighted by molar-refractivity contribution is 5.97. The van der Waals surface area contributed by atoms with E-state index in [1.165, 1.54) is 0 Å². The standard InChI is InChI=1S/C21H28N2O3/c1-5-25-18-10-8-9-17(15-18)16(2)22-21(24)19-11-6-7-12-20(19)26-14-13-23(3)4/h6-12,15-16H,5,13-14H2,1-4H3,(H,22,24). The molecule has 0 spiro atoms. The first-order valence-corrected chi connectivity index (χ1v) is 8.91. The summed E-state index contributed by atoms with van der Waals surface area (Å²) >= 11 is 0. The van der Waals surface area contributed by atoms with Crippen molar-refractivity contribution < 1.29 is 14.3 Å². The number of amides is 1. The largest absolute Gasteiger partial charge is 0.494 e. The molecule has 1 N–H and O–H groups in total. The molecule has 0 radical (unpaired) electrons. The first kappa shape index (κ1) is 19.8. The molecule has 0 aliphatic heterocycles. The van der Waals surface area contributed by atoms with Crippen molar-refractivity contribution in [1.29, 1.82) is 0 Å². The molecule has 0 bridgehead atoms. The fraction of sp³-hybridized carbons (Fsp3) is 0.381. The minimum absolute atomic E-state index is 0.141. The molecule has 1 unspecified atom stereocenters. The van der Waals surface area contributed by atoms with Gasteiger partial charge in [-0.3, -0.25) is 4.79 Å². The molecule has 2 rings (SSSR count). The van der Waals surface area contributed by atoms with Gasteiger partial charge in [0.2, 0.25) is 0 Å². The van der Waals surface area contributed by atoms with Crippen LogP contribution in [0, 0.1) is 0 Å². The number of likely N-dealkylation sites (N-methyl/N-ethyl adjacent to an activating group) is 1. The van der Waals surface area contributed by atoms with E-state index in [0.717, 1.165) is 17.9 Å². The molecule has 1 amide bonds. The third-order valence-electron chi connectivity index (χ3n) is 3.94. The number of hydrogen-bond acceptors (Lipinski definition) is 4. The molecule has 2 aromatic carbocycles. The molecule has 1 atom stereocenters. The molecule has 140 valence electrons. The van der Waals surface area contributed by atoms with Gasteiger partial charge in [-0.05, 0) is 57.8 Å². The monoisotopic (exact) mass is 356 g/mol. The third kappa shape index (κ3) is 5.77. The van der Waals surface area contributed by atoms with Gasteiger partial charge in [0.05, 0.1) is 18.2 Å². The summed E-state index contributed by atoms with van der Waals surface area (Å²) in [5.74, 6) is 1.25. The lowest BCUT2D eigenvalue weighted by Crippen LogP contribution is -2.27. The maximum Gasteiger partial charge on any atom is 0.255 e. The molecule has 0 aliphatic carbocycles.